The summed E-state index contributed by atoms with van der Waals surface area (Å²) in [7, 11) is 0. The second-order valence-corrected chi connectivity index (χ2v) is 9.58. The van der Waals surface area contributed by atoms with Crippen LogP contribution in [0.25, 0.3) is 0 Å². The number of allylic oxidation sites excluding steroid dienone is 4. The molecule has 0 aliphatic carbocycles. The van der Waals surface area contributed by atoms with Crippen molar-refractivity contribution < 1.29 is 14.6 Å². The minimum Gasteiger partial charge on any atom is -0.462 e. The Bertz CT molecular complexity index is 455. The van der Waals surface area contributed by atoms with Crippen molar-refractivity contribution in [1.82, 2.24) is 0 Å². The molecular weight excluding hydrogens is 408 g/mol. The molecular formula is C30H56O3. The van der Waals surface area contributed by atoms with Crippen LogP contribution in [0, 0.1) is 0 Å². The fourth-order valence-corrected chi connectivity index (χ4v) is 4.20. The molecule has 0 heterocycles. The van der Waals surface area contributed by atoms with E-state index in [1.165, 1.54) is 122 Å². The van der Waals surface area contributed by atoms with E-state index in [1.54, 1.807) is 0 Å². The Hall–Kier alpha value is -1.09. The summed E-state index contributed by atoms with van der Waals surface area (Å²) < 4.78 is 5.23. The van der Waals surface area contributed by atoms with Gasteiger partial charge in [0, 0.05) is 20.0 Å². The smallest absolute Gasteiger partial charge is 0.302 e. The van der Waals surface area contributed by atoms with Crippen molar-refractivity contribution in [3.8, 4) is 0 Å². The van der Waals surface area contributed by atoms with Gasteiger partial charge in [-0.25, -0.2) is 0 Å². The van der Waals surface area contributed by atoms with Crippen molar-refractivity contribution in [2.75, 3.05) is 6.61 Å². The van der Waals surface area contributed by atoms with Crippen LogP contribution < -0.4 is 0 Å². The molecule has 194 valence electrons. The maximum absolute atomic E-state index is 11.0. The number of esters is 1. The Balaban J connectivity index is 3.31. The largest absolute Gasteiger partial charge is 0.462 e. The van der Waals surface area contributed by atoms with Crippen LogP contribution in [-0.4, -0.2) is 23.8 Å². The Morgan fingerprint density at radius 3 is 1.42 bits per heavy atom. The lowest BCUT2D eigenvalue weighted by Gasteiger charge is -2.15. The number of carbonyl (C=O) groups is 1. The number of carbonyl (C=O) groups excluding carboxylic acids is 1. The van der Waals surface area contributed by atoms with E-state index in [0.29, 0.717) is 6.42 Å². The molecule has 1 atom stereocenters. The van der Waals surface area contributed by atoms with E-state index < -0.39 is 0 Å². The van der Waals surface area contributed by atoms with Gasteiger partial charge in [-0.15, -0.1) is 0 Å². The van der Waals surface area contributed by atoms with Crippen LogP contribution in [0.15, 0.2) is 24.3 Å². The van der Waals surface area contributed by atoms with E-state index in [9.17, 15) is 4.79 Å². The molecule has 3 heteroatoms. The predicted octanol–water partition coefficient (Wildman–Crippen LogP) is 9.23. The number of aliphatic hydroxyl groups is 1. The van der Waals surface area contributed by atoms with Gasteiger partial charge in [-0.3, -0.25) is 4.79 Å². The molecule has 0 fully saturated rings. The highest BCUT2D eigenvalue weighted by Gasteiger charge is 2.10. The van der Waals surface area contributed by atoms with E-state index >= 15 is 0 Å². The van der Waals surface area contributed by atoms with Crippen LogP contribution in [-0.2, 0) is 9.53 Å². The fourth-order valence-electron chi connectivity index (χ4n) is 4.20. The van der Waals surface area contributed by atoms with Gasteiger partial charge >= 0.3 is 5.97 Å². The van der Waals surface area contributed by atoms with Crippen molar-refractivity contribution in [2.24, 2.45) is 0 Å². The summed E-state index contributed by atoms with van der Waals surface area (Å²) in [6.45, 7) is 3.80. The molecule has 0 rings (SSSR count). The molecule has 0 spiro atoms. The average Bonchev–Trinajstić information content (AvgIpc) is 2.79. The van der Waals surface area contributed by atoms with Gasteiger partial charge in [0.25, 0.3) is 0 Å². The summed E-state index contributed by atoms with van der Waals surface area (Å²) in [6.07, 6.45) is 35.6. The van der Waals surface area contributed by atoms with E-state index in [-0.39, 0.29) is 18.7 Å². The highest BCUT2D eigenvalue weighted by molar-refractivity contribution is 5.66. The Morgan fingerprint density at radius 2 is 1.03 bits per heavy atom. The lowest BCUT2D eigenvalue weighted by Crippen LogP contribution is -2.17. The molecule has 0 aliphatic heterocycles. The van der Waals surface area contributed by atoms with Gasteiger partial charge in [0.05, 0.1) is 0 Å². The third-order valence-electron chi connectivity index (χ3n) is 6.23. The van der Waals surface area contributed by atoms with E-state index in [0.717, 1.165) is 12.8 Å². The number of rotatable bonds is 25. The quantitative estimate of drug-likeness (QED) is 0.0831. The summed E-state index contributed by atoms with van der Waals surface area (Å²) >= 11 is 0. The molecule has 33 heavy (non-hydrogen) atoms. The SMILES string of the molecule is CCCCCCCC/C=C\CCCCCC/C=C\CCCCCCCC(CCO)OC(C)=O. The number of aliphatic hydroxyl groups excluding tert-OH is 1. The second kappa shape index (κ2) is 27.2. The van der Waals surface area contributed by atoms with Crippen molar-refractivity contribution in [3.05, 3.63) is 24.3 Å². The zero-order chi connectivity index (χ0) is 24.2. The zero-order valence-electron chi connectivity index (χ0n) is 22.2. The molecule has 0 aromatic heterocycles. The predicted molar refractivity (Wildman–Crippen MR) is 144 cm³/mol. The van der Waals surface area contributed by atoms with Crippen molar-refractivity contribution in [3.63, 3.8) is 0 Å². The molecule has 0 saturated carbocycles. The van der Waals surface area contributed by atoms with Crippen molar-refractivity contribution >= 4 is 5.97 Å². The van der Waals surface area contributed by atoms with Crippen LogP contribution in [0.5, 0.6) is 0 Å². The van der Waals surface area contributed by atoms with Gasteiger partial charge in [-0.2, -0.15) is 0 Å². The summed E-state index contributed by atoms with van der Waals surface area (Å²) in [4.78, 5) is 11.0. The van der Waals surface area contributed by atoms with Gasteiger partial charge in [-0.05, 0) is 64.2 Å². The van der Waals surface area contributed by atoms with Gasteiger partial charge in [0.1, 0.15) is 6.10 Å². The van der Waals surface area contributed by atoms with Crippen LogP contribution in [0.3, 0.4) is 0 Å². The highest BCUT2D eigenvalue weighted by atomic mass is 16.5. The summed E-state index contributed by atoms with van der Waals surface area (Å²) in [5, 5.41) is 9.03. The van der Waals surface area contributed by atoms with E-state index in [1.807, 2.05) is 0 Å². The Labute approximate surface area is 206 Å². The first kappa shape index (κ1) is 31.9. The summed E-state index contributed by atoms with van der Waals surface area (Å²) in [6, 6.07) is 0. The standard InChI is InChI=1S/C30H56O3/c1-3-4-5-6-7-8-9-10-11-12-13-14-15-16-17-18-19-20-21-22-23-24-25-26-30(27-28-31)33-29(2)32/h10-11,18-19,30-31H,3-9,12-17,20-28H2,1-2H3/b11-10-,19-18-. The Kier molecular flexibility index (Phi) is 26.3. The van der Waals surface area contributed by atoms with Crippen LogP contribution in [0.1, 0.15) is 149 Å². The van der Waals surface area contributed by atoms with Gasteiger partial charge in [0.15, 0.2) is 0 Å². The number of hydrogen-bond acceptors (Lipinski definition) is 3. The summed E-state index contributed by atoms with van der Waals surface area (Å²) in [5.74, 6) is -0.244. The molecule has 1 N–H and O–H groups in total. The molecule has 0 aliphatic rings. The zero-order valence-corrected chi connectivity index (χ0v) is 22.2. The molecule has 3 nitrogen and oxygen atoms in total. The lowest BCUT2D eigenvalue weighted by molar-refractivity contribution is -0.147. The van der Waals surface area contributed by atoms with E-state index in [4.69, 9.17) is 9.84 Å². The maximum Gasteiger partial charge on any atom is 0.302 e. The molecule has 0 radical (unpaired) electrons. The first-order valence-corrected chi connectivity index (χ1v) is 14.3. The monoisotopic (exact) mass is 464 g/mol. The van der Waals surface area contributed by atoms with Crippen LogP contribution >= 0.6 is 0 Å². The van der Waals surface area contributed by atoms with Crippen LogP contribution in [0.2, 0.25) is 0 Å². The highest BCUT2D eigenvalue weighted by Crippen LogP contribution is 2.14. The first-order chi connectivity index (χ1) is 16.2. The number of ether oxygens (including phenoxy) is 1. The number of unbranched alkanes of at least 4 members (excludes halogenated alkanes) is 16. The minimum absolute atomic E-state index is 0.0843. The third kappa shape index (κ3) is 27.0. The molecule has 0 aromatic rings. The average molecular weight is 465 g/mol. The molecule has 0 amide bonds. The van der Waals surface area contributed by atoms with Crippen molar-refractivity contribution in [2.45, 2.75) is 155 Å². The van der Waals surface area contributed by atoms with Crippen LogP contribution in [0.4, 0.5) is 0 Å². The molecule has 0 bridgehead atoms. The van der Waals surface area contributed by atoms with Gasteiger partial charge in [0.2, 0.25) is 0 Å². The normalized spacial score (nSPS) is 12.7. The molecule has 1 unspecified atom stereocenters. The molecule has 0 aromatic carbocycles. The summed E-state index contributed by atoms with van der Waals surface area (Å²) in [5.41, 5.74) is 0. The fraction of sp³-hybridized carbons (Fsp3) is 0.833. The van der Waals surface area contributed by atoms with Crippen molar-refractivity contribution in [1.29, 1.82) is 0 Å². The third-order valence-corrected chi connectivity index (χ3v) is 6.23. The van der Waals surface area contributed by atoms with Gasteiger partial charge in [-0.1, -0.05) is 95.4 Å². The minimum atomic E-state index is -0.244. The second-order valence-electron chi connectivity index (χ2n) is 9.58. The van der Waals surface area contributed by atoms with Gasteiger partial charge < -0.3 is 9.84 Å². The number of hydrogen-bond donors (Lipinski definition) is 1. The molecule has 0 saturated heterocycles. The first-order valence-electron chi connectivity index (χ1n) is 14.3. The Morgan fingerprint density at radius 1 is 0.636 bits per heavy atom. The lowest BCUT2D eigenvalue weighted by atomic mass is 10.0. The van der Waals surface area contributed by atoms with E-state index in [2.05, 4.69) is 31.2 Å². The topological polar surface area (TPSA) is 46.5 Å². The maximum atomic E-state index is 11.0.